The van der Waals surface area contributed by atoms with Crippen LogP contribution < -0.4 is 14.2 Å². The van der Waals surface area contributed by atoms with E-state index in [2.05, 4.69) is 19.7 Å². The van der Waals surface area contributed by atoms with E-state index in [1.807, 2.05) is 0 Å². The Morgan fingerprint density at radius 2 is 2.00 bits per heavy atom. The standard InChI is InChI=1S/C18H14F3N5O5/c1-17(9-25-8-14(26(27)28)24-16(25)31-17)10-29-15-7-22-13(6-23-15)11-2-4-12(5-3-11)30-18(19,20)21/h2-8H,9-10H2,1H3. The summed E-state index contributed by atoms with van der Waals surface area (Å²) in [4.78, 5) is 22.3. The zero-order chi connectivity index (χ0) is 22.2. The van der Waals surface area contributed by atoms with Crippen LogP contribution in [0.25, 0.3) is 11.3 Å². The summed E-state index contributed by atoms with van der Waals surface area (Å²) in [5.41, 5.74) is 0.180. The highest BCUT2D eigenvalue weighted by Crippen LogP contribution is 2.31. The van der Waals surface area contributed by atoms with E-state index < -0.39 is 16.9 Å². The molecule has 1 aliphatic heterocycles. The van der Waals surface area contributed by atoms with Crippen molar-refractivity contribution in [2.24, 2.45) is 0 Å². The molecule has 1 atom stereocenters. The molecule has 2 aromatic heterocycles. The smallest absolute Gasteiger partial charge is 0.472 e. The molecule has 162 valence electrons. The van der Waals surface area contributed by atoms with E-state index in [0.717, 1.165) is 0 Å². The van der Waals surface area contributed by atoms with Gasteiger partial charge in [-0.15, -0.1) is 13.2 Å². The zero-order valence-electron chi connectivity index (χ0n) is 15.9. The molecule has 3 heterocycles. The van der Waals surface area contributed by atoms with Gasteiger partial charge in [0.15, 0.2) is 5.60 Å². The number of rotatable bonds is 6. The maximum Gasteiger partial charge on any atom is 0.573 e. The number of aromatic nitrogens is 4. The van der Waals surface area contributed by atoms with E-state index in [4.69, 9.17) is 9.47 Å². The molecule has 0 spiro atoms. The molecule has 0 saturated heterocycles. The first-order chi connectivity index (χ1) is 14.6. The molecule has 0 N–H and O–H groups in total. The molecule has 31 heavy (non-hydrogen) atoms. The summed E-state index contributed by atoms with van der Waals surface area (Å²) >= 11 is 0. The number of hydrogen-bond donors (Lipinski definition) is 0. The van der Waals surface area contributed by atoms with Crippen LogP contribution in [0.4, 0.5) is 19.0 Å². The van der Waals surface area contributed by atoms with Crippen LogP contribution in [0.2, 0.25) is 0 Å². The van der Waals surface area contributed by atoms with Gasteiger partial charge in [0.1, 0.15) is 18.6 Å². The van der Waals surface area contributed by atoms with Gasteiger partial charge in [-0.2, -0.15) is 0 Å². The van der Waals surface area contributed by atoms with E-state index in [9.17, 15) is 23.3 Å². The number of benzene rings is 1. The number of nitro groups is 1. The van der Waals surface area contributed by atoms with E-state index in [0.29, 0.717) is 17.8 Å². The molecule has 0 amide bonds. The van der Waals surface area contributed by atoms with Gasteiger partial charge in [0.05, 0.1) is 24.6 Å². The van der Waals surface area contributed by atoms with Crippen molar-refractivity contribution in [3.8, 4) is 28.9 Å². The number of halogens is 3. The topological polar surface area (TPSA) is 114 Å². The van der Waals surface area contributed by atoms with Gasteiger partial charge < -0.3 is 24.3 Å². The maximum absolute atomic E-state index is 12.2. The summed E-state index contributed by atoms with van der Waals surface area (Å²) in [6.07, 6.45) is -0.675. The van der Waals surface area contributed by atoms with Crippen molar-refractivity contribution in [1.82, 2.24) is 19.5 Å². The number of hydrogen-bond acceptors (Lipinski definition) is 8. The summed E-state index contributed by atoms with van der Waals surface area (Å²) in [5, 5.41) is 10.8. The van der Waals surface area contributed by atoms with Crippen molar-refractivity contribution in [3.63, 3.8) is 0 Å². The van der Waals surface area contributed by atoms with Crippen LogP contribution in [0.1, 0.15) is 6.92 Å². The fraction of sp³-hybridized carbons (Fsp3) is 0.278. The fourth-order valence-electron chi connectivity index (χ4n) is 2.95. The van der Waals surface area contributed by atoms with Gasteiger partial charge in [-0.05, 0) is 36.1 Å². The molecule has 0 aliphatic carbocycles. The lowest BCUT2D eigenvalue weighted by molar-refractivity contribution is -0.389. The third-order valence-corrected chi connectivity index (χ3v) is 4.29. The van der Waals surface area contributed by atoms with Crippen LogP contribution in [-0.4, -0.2) is 43.0 Å². The van der Waals surface area contributed by atoms with Crippen LogP contribution in [0.5, 0.6) is 17.6 Å². The monoisotopic (exact) mass is 437 g/mol. The van der Waals surface area contributed by atoms with Gasteiger partial charge in [-0.3, -0.25) is 4.57 Å². The molecule has 0 fully saturated rings. The van der Waals surface area contributed by atoms with Crippen molar-refractivity contribution < 1.29 is 32.3 Å². The van der Waals surface area contributed by atoms with Crippen LogP contribution in [0, 0.1) is 10.1 Å². The third kappa shape index (κ3) is 4.65. The minimum Gasteiger partial charge on any atom is -0.472 e. The summed E-state index contributed by atoms with van der Waals surface area (Å²) in [6.45, 7) is 2.16. The third-order valence-electron chi connectivity index (χ3n) is 4.29. The summed E-state index contributed by atoms with van der Waals surface area (Å²) in [5.74, 6) is -0.419. The second-order valence-corrected chi connectivity index (χ2v) is 6.92. The first kappa shape index (κ1) is 20.4. The van der Waals surface area contributed by atoms with Crippen LogP contribution in [0.3, 0.4) is 0 Å². The Kier molecular flexibility index (Phi) is 4.87. The quantitative estimate of drug-likeness (QED) is 0.426. The van der Waals surface area contributed by atoms with Gasteiger partial charge in [-0.25, -0.2) is 9.97 Å². The second-order valence-electron chi connectivity index (χ2n) is 6.92. The predicted molar refractivity (Wildman–Crippen MR) is 97.6 cm³/mol. The minimum atomic E-state index is -4.76. The predicted octanol–water partition coefficient (Wildman–Crippen LogP) is 3.38. The lowest BCUT2D eigenvalue weighted by Crippen LogP contribution is -2.38. The van der Waals surface area contributed by atoms with E-state index in [1.165, 1.54) is 47.4 Å². The molecular formula is C18H14F3N5O5. The number of imidazole rings is 1. The molecule has 0 bridgehead atoms. The van der Waals surface area contributed by atoms with Gasteiger partial charge in [0.25, 0.3) is 0 Å². The SMILES string of the molecule is CC1(COc2cnc(-c3ccc(OC(F)(F)F)cc3)cn2)Cn2cc([N+](=O)[O-])nc2O1. The molecule has 0 saturated carbocycles. The van der Waals surface area contributed by atoms with Crippen molar-refractivity contribution >= 4 is 5.82 Å². The van der Waals surface area contributed by atoms with Crippen molar-refractivity contribution in [2.45, 2.75) is 25.4 Å². The first-order valence-corrected chi connectivity index (χ1v) is 8.82. The lowest BCUT2D eigenvalue weighted by atomic mass is 10.1. The van der Waals surface area contributed by atoms with Crippen molar-refractivity contribution in [2.75, 3.05) is 6.61 Å². The van der Waals surface area contributed by atoms with Crippen molar-refractivity contribution in [1.29, 1.82) is 0 Å². The molecule has 0 radical (unpaired) electrons. The first-order valence-electron chi connectivity index (χ1n) is 8.82. The van der Waals surface area contributed by atoms with E-state index in [1.54, 1.807) is 6.92 Å². The van der Waals surface area contributed by atoms with Crippen molar-refractivity contribution in [3.05, 3.63) is 53.0 Å². The molecule has 1 aromatic carbocycles. The van der Waals surface area contributed by atoms with E-state index >= 15 is 0 Å². The average molecular weight is 437 g/mol. The molecule has 1 unspecified atom stereocenters. The molecule has 4 rings (SSSR count). The molecule has 10 nitrogen and oxygen atoms in total. The Morgan fingerprint density at radius 1 is 1.26 bits per heavy atom. The average Bonchev–Trinajstić information content (AvgIpc) is 3.22. The van der Waals surface area contributed by atoms with Gasteiger partial charge in [-0.1, -0.05) is 0 Å². The van der Waals surface area contributed by atoms with Gasteiger partial charge in [0.2, 0.25) is 5.88 Å². The molecule has 1 aliphatic rings. The number of ether oxygens (including phenoxy) is 3. The zero-order valence-corrected chi connectivity index (χ0v) is 15.9. The second kappa shape index (κ2) is 7.41. The number of nitrogens with zero attached hydrogens (tertiary/aromatic N) is 5. The number of alkyl halides is 3. The van der Waals surface area contributed by atoms with Crippen LogP contribution in [0.15, 0.2) is 42.9 Å². The minimum absolute atomic E-state index is 0.0850. The Bertz CT molecular complexity index is 1080. The Balaban J connectivity index is 1.36. The molecule has 13 heteroatoms. The summed E-state index contributed by atoms with van der Waals surface area (Å²) in [7, 11) is 0. The Hall–Kier alpha value is -3.90. The fourth-order valence-corrected chi connectivity index (χ4v) is 2.95. The highest BCUT2D eigenvalue weighted by Gasteiger charge is 2.41. The highest BCUT2D eigenvalue weighted by molar-refractivity contribution is 5.59. The largest absolute Gasteiger partial charge is 0.573 e. The van der Waals surface area contributed by atoms with Crippen LogP contribution in [-0.2, 0) is 6.54 Å². The summed E-state index contributed by atoms with van der Waals surface area (Å²) in [6, 6.07) is 5.36. The van der Waals surface area contributed by atoms with Crippen LogP contribution >= 0.6 is 0 Å². The molecular weight excluding hydrogens is 423 g/mol. The maximum atomic E-state index is 12.2. The number of fused-ring (bicyclic) bond motifs is 1. The van der Waals surface area contributed by atoms with E-state index in [-0.39, 0.29) is 30.1 Å². The normalized spacial score (nSPS) is 17.7. The lowest BCUT2D eigenvalue weighted by Gasteiger charge is -2.21. The molecule has 3 aromatic rings. The summed E-state index contributed by atoms with van der Waals surface area (Å²) < 4.78 is 53.3. The highest BCUT2D eigenvalue weighted by atomic mass is 19.4. The Morgan fingerprint density at radius 3 is 2.58 bits per heavy atom. The Labute approximate surface area is 172 Å². The van der Waals surface area contributed by atoms with Gasteiger partial charge >= 0.3 is 18.2 Å². The van der Waals surface area contributed by atoms with Gasteiger partial charge in [0, 0.05) is 10.5 Å².